The zero-order valence-corrected chi connectivity index (χ0v) is 10.3. The van der Waals surface area contributed by atoms with E-state index in [0.29, 0.717) is 16.3 Å². The predicted molar refractivity (Wildman–Crippen MR) is 69.2 cm³/mol. The van der Waals surface area contributed by atoms with E-state index in [4.69, 9.17) is 0 Å². The molecule has 0 N–H and O–H groups in total. The topological polar surface area (TPSA) is 85.7 Å². The molecule has 94 valence electrons. The van der Waals surface area contributed by atoms with E-state index < -0.39 is 4.92 Å². The third-order valence-electron chi connectivity index (χ3n) is 2.41. The molecule has 0 aliphatic carbocycles. The third kappa shape index (κ3) is 2.20. The SMILES string of the molecule is O=[N+]([O-])c1cccc(N=c2snc3ncccn23)c1. The Morgan fingerprint density at radius 1 is 1.37 bits per heavy atom. The number of nitrogens with zero attached hydrogens (tertiary/aromatic N) is 5. The van der Waals surface area contributed by atoms with Gasteiger partial charge >= 0.3 is 0 Å². The Kier molecular flexibility index (Phi) is 2.76. The van der Waals surface area contributed by atoms with Crippen LogP contribution in [0.15, 0.2) is 47.7 Å². The maximum absolute atomic E-state index is 10.7. The molecule has 1 aromatic carbocycles. The normalized spacial score (nSPS) is 11.9. The van der Waals surface area contributed by atoms with Crippen molar-refractivity contribution in [2.24, 2.45) is 4.99 Å². The van der Waals surface area contributed by atoms with Crippen LogP contribution in [0.1, 0.15) is 0 Å². The molecule has 0 fully saturated rings. The van der Waals surface area contributed by atoms with Crippen LogP contribution in [0.4, 0.5) is 11.4 Å². The molecule has 7 nitrogen and oxygen atoms in total. The molecule has 2 heterocycles. The molecule has 0 atom stereocenters. The molecule has 0 saturated carbocycles. The molecule has 0 aliphatic rings. The van der Waals surface area contributed by atoms with Crippen molar-refractivity contribution in [2.45, 2.75) is 0 Å². The fourth-order valence-corrected chi connectivity index (χ4v) is 2.24. The molecule has 0 bridgehead atoms. The first-order valence-electron chi connectivity index (χ1n) is 5.32. The van der Waals surface area contributed by atoms with E-state index in [1.54, 1.807) is 35.0 Å². The number of fused-ring (bicyclic) bond motifs is 1. The van der Waals surface area contributed by atoms with Gasteiger partial charge in [0.05, 0.1) is 10.6 Å². The quantitative estimate of drug-likeness (QED) is 0.527. The molecule has 2 aromatic heterocycles. The highest BCUT2D eigenvalue weighted by Gasteiger charge is 2.05. The molecule has 3 rings (SSSR count). The van der Waals surface area contributed by atoms with Crippen LogP contribution in [-0.4, -0.2) is 18.7 Å². The van der Waals surface area contributed by atoms with Gasteiger partial charge in [-0.1, -0.05) is 6.07 Å². The first kappa shape index (κ1) is 11.5. The summed E-state index contributed by atoms with van der Waals surface area (Å²) in [5, 5.41) is 10.7. The van der Waals surface area contributed by atoms with Crippen molar-refractivity contribution in [2.75, 3.05) is 0 Å². The third-order valence-corrected chi connectivity index (χ3v) is 3.11. The summed E-state index contributed by atoms with van der Waals surface area (Å²) in [6, 6.07) is 7.92. The molecule has 0 amide bonds. The average Bonchev–Trinajstić information content (AvgIpc) is 2.83. The van der Waals surface area contributed by atoms with Gasteiger partial charge in [-0.2, -0.15) is 4.37 Å². The van der Waals surface area contributed by atoms with E-state index >= 15 is 0 Å². The summed E-state index contributed by atoms with van der Waals surface area (Å²) in [5.41, 5.74) is 0.522. The first-order valence-corrected chi connectivity index (χ1v) is 6.09. The molecule has 0 aliphatic heterocycles. The molecule has 19 heavy (non-hydrogen) atoms. The minimum Gasteiger partial charge on any atom is -0.259 e. The Hall–Kier alpha value is -2.61. The standard InChI is InChI=1S/C11H7N5O2S/c17-16(18)9-4-1-3-8(7-9)13-11-15-6-2-5-12-10(15)14-19-11/h1-7H. The summed E-state index contributed by atoms with van der Waals surface area (Å²) < 4.78 is 5.86. The van der Waals surface area contributed by atoms with Crippen molar-refractivity contribution in [3.05, 3.63) is 57.6 Å². The van der Waals surface area contributed by atoms with E-state index in [9.17, 15) is 10.1 Å². The van der Waals surface area contributed by atoms with E-state index in [-0.39, 0.29) is 5.69 Å². The Balaban J connectivity index is 2.15. The van der Waals surface area contributed by atoms with Crippen molar-refractivity contribution in [1.82, 2.24) is 13.8 Å². The summed E-state index contributed by atoms with van der Waals surface area (Å²) in [5.74, 6) is 0.552. The van der Waals surface area contributed by atoms with Gasteiger partial charge < -0.3 is 0 Å². The summed E-state index contributed by atoms with van der Waals surface area (Å²) in [4.78, 5) is 19.3. The lowest BCUT2D eigenvalue weighted by Gasteiger charge is -1.93. The maximum Gasteiger partial charge on any atom is 0.271 e. The Morgan fingerprint density at radius 3 is 3.11 bits per heavy atom. The van der Waals surface area contributed by atoms with E-state index in [0.717, 1.165) is 0 Å². The van der Waals surface area contributed by atoms with Gasteiger partial charge in [-0.25, -0.2) is 9.98 Å². The zero-order chi connectivity index (χ0) is 13.2. The molecule has 3 aromatic rings. The molecule has 0 unspecified atom stereocenters. The summed E-state index contributed by atoms with van der Waals surface area (Å²) in [7, 11) is 0. The number of non-ortho nitro benzene ring substituents is 1. The molecule has 0 radical (unpaired) electrons. The minimum absolute atomic E-state index is 0.0122. The van der Waals surface area contributed by atoms with Crippen molar-refractivity contribution < 1.29 is 4.92 Å². The molecule has 8 heteroatoms. The second-order valence-electron chi connectivity index (χ2n) is 3.64. The van der Waals surface area contributed by atoms with Gasteiger partial charge in [0.1, 0.15) is 0 Å². The number of hydrogen-bond acceptors (Lipinski definition) is 6. The highest BCUT2D eigenvalue weighted by Crippen LogP contribution is 2.19. The summed E-state index contributed by atoms with van der Waals surface area (Å²) >= 11 is 1.19. The van der Waals surface area contributed by atoms with E-state index in [1.165, 1.54) is 23.7 Å². The Labute approximate surface area is 110 Å². The number of hydrogen-bond donors (Lipinski definition) is 0. The summed E-state index contributed by atoms with van der Waals surface area (Å²) in [6.07, 6.45) is 3.44. The van der Waals surface area contributed by atoms with Crippen LogP contribution in [-0.2, 0) is 0 Å². The largest absolute Gasteiger partial charge is 0.271 e. The lowest BCUT2D eigenvalue weighted by Crippen LogP contribution is -2.05. The molecular formula is C11H7N5O2S. The lowest BCUT2D eigenvalue weighted by atomic mass is 10.3. The number of nitro benzene ring substituents is 1. The van der Waals surface area contributed by atoms with Gasteiger partial charge in [0.2, 0.25) is 10.6 Å². The highest BCUT2D eigenvalue weighted by molar-refractivity contribution is 7.03. The van der Waals surface area contributed by atoms with Gasteiger partial charge in [0.25, 0.3) is 5.69 Å². The second kappa shape index (κ2) is 4.58. The maximum atomic E-state index is 10.7. The van der Waals surface area contributed by atoms with Crippen LogP contribution in [0.25, 0.3) is 5.78 Å². The van der Waals surface area contributed by atoms with Crippen LogP contribution >= 0.6 is 11.5 Å². The van der Waals surface area contributed by atoms with Gasteiger partial charge in [-0.05, 0) is 12.1 Å². The van der Waals surface area contributed by atoms with Crippen molar-refractivity contribution in [3.8, 4) is 0 Å². The van der Waals surface area contributed by atoms with Crippen LogP contribution in [0.2, 0.25) is 0 Å². The first-order chi connectivity index (χ1) is 9.24. The fourth-order valence-electron chi connectivity index (χ4n) is 1.57. The van der Waals surface area contributed by atoms with Gasteiger partial charge in [-0.15, -0.1) is 0 Å². The number of aromatic nitrogens is 3. The van der Waals surface area contributed by atoms with Gasteiger partial charge in [-0.3, -0.25) is 14.5 Å². The van der Waals surface area contributed by atoms with Gasteiger partial charge in [0.15, 0.2) is 0 Å². The predicted octanol–water partition coefficient (Wildman–Crippen LogP) is 1.93. The molecule has 0 saturated heterocycles. The van der Waals surface area contributed by atoms with Crippen LogP contribution in [0.5, 0.6) is 0 Å². The smallest absolute Gasteiger partial charge is 0.259 e. The van der Waals surface area contributed by atoms with Crippen molar-refractivity contribution in [1.29, 1.82) is 0 Å². The zero-order valence-electron chi connectivity index (χ0n) is 9.50. The van der Waals surface area contributed by atoms with Gasteiger partial charge in [0, 0.05) is 36.1 Å². The van der Waals surface area contributed by atoms with Crippen LogP contribution < -0.4 is 4.80 Å². The Morgan fingerprint density at radius 2 is 2.26 bits per heavy atom. The number of nitro groups is 1. The minimum atomic E-state index is -0.446. The fraction of sp³-hybridized carbons (Fsp3) is 0. The number of benzene rings is 1. The van der Waals surface area contributed by atoms with Crippen molar-refractivity contribution >= 4 is 28.7 Å². The van der Waals surface area contributed by atoms with Crippen molar-refractivity contribution in [3.63, 3.8) is 0 Å². The Bertz CT molecular complexity index is 823. The number of rotatable bonds is 2. The highest BCUT2D eigenvalue weighted by atomic mass is 32.1. The summed E-state index contributed by atoms with van der Waals surface area (Å²) in [6.45, 7) is 0. The van der Waals surface area contributed by atoms with Crippen LogP contribution in [0, 0.1) is 10.1 Å². The monoisotopic (exact) mass is 273 g/mol. The molecular weight excluding hydrogens is 266 g/mol. The lowest BCUT2D eigenvalue weighted by molar-refractivity contribution is -0.384. The van der Waals surface area contributed by atoms with E-state index in [1.807, 2.05) is 0 Å². The van der Waals surface area contributed by atoms with Crippen LogP contribution in [0.3, 0.4) is 0 Å². The second-order valence-corrected chi connectivity index (χ2v) is 4.37. The molecule has 0 spiro atoms. The average molecular weight is 273 g/mol. The van der Waals surface area contributed by atoms with E-state index in [2.05, 4.69) is 14.3 Å².